The van der Waals surface area contributed by atoms with Crippen LogP contribution >= 0.6 is 23.1 Å². The van der Waals surface area contributed by atoms with Crippen molar-refractivity contribution in [2.45, 2.75) is 30.3 Å². The van der Waals surface area contributed by atoms with E-state index in [4.69, 9.17) is 0 Å². The molecule has 1 atom stereocenters. The molecule has 1 aromatic carbocycles. The summed E-state index contributed by atoms with van der Waals surface area (Å²) in [5, 5.41) is 9.35. The van der Waals surface area contributed by atoms with Crippen LogP contribution in [-0.2, 0) is 17.8 Å². The fourth-order valence-corrected chi connectivity index (χ4v) is 4.06. The van der Waals surface area contributed by atoms with E-state index in [0.29, 0.717) is 18.1 Å². The molecule has 3 aromatic rings. The van der Waals surface area contributed by atoms with Crippen LogP contribution in [0.4, 0.5) is 4.39 Å². The van der Waals surface area contributed by atoms with Gasteiger partial charge in [-0.05, 0) is 36.1 Å². The van der Waals surface area contributed by atoms with Gasteiger partial charge in [0.15, 0.2) is 0 Å². The van der Waals surface area contributed by atoms with Gasteiger partial charge in [0.1, 0.15) is 11.6 Å². The van der Waals surface area contributed by atoms with Gasteiger partial charge in [0.2, 0.25) is 11.1 Å². The molecule has 0 aliphatic rings. The molecule has 5 nitrogen and oxygen atoms in total. The quantitative estimate of drug-likeness (QED) is 0.625. The minimum atomic E-state index is -0.334. The Labute approximate surface area is 159 Å². The monoisotopic (exact) mass is 390 g/mol. The smallest absolute Gasteiger partial charge is 0.235 e. The molecule has 2 aromatic heterocycles. The molecule has 1 amide bonds. The van der Waals surface area contributed by atoms with Crippen molar-refractivity contribution in [3.63, 3.8) is 0 Å². The molecule has 0 radical (unpaired) electrons. The number of benzene rings is 1. The Morgan fingerprint density at radius 2 is 2.23 bits per heavy atom. The summed E-state index contributed by atoms with van der Waals surface area (Å²) in [7, 11) is 1.71. The van der Waals surface area contributed by atoms with Crippen LogP contribution in [0.25, 0.3) is 0 Å². The molecule has 136 valence electrons. The van der Waals surface area contributed by atoms with E-state index in [1.165, 1.54) is 28.8 Å². The number of carbonyl (C=O) groups excluding carboxylic acids is 1. The van der Waals surface area contributed by atoms with E-state index in [1.54, 1.807) is 35.4 Å². The van der Waals surface area contributed by atoms with E-state index in [-0.39, 0.29) is 17.0 Å². The fraction of sp³-hybridized carbons (Fsp3) is 0.278. The first-order valence-electron chi connectivity index (χ1n) is 8.11. The summed E-state index contributed by atoms with van der Waals surface area (Å²) in [5.74, 6) is 0.427. The summed E-state index contributed by atoms with van der Waals surface area (Å²) in [6, 6.07) is 10.3. The largest absolute Gasteiger partial charge is 0.340 e. The van der Waals surface area contributed by atoms with Gasteiger partial charge in [-0.25, -0.2) is 9.37 Å². The second-order valence-electron chi connectivity index (χ2n) is 5.91. The Hall–Kier alpha value is -2.19. The molecule has 0 saturated heterocycles. The summed E-state index contributed by atoms with van der Waals surface area (Å²) in [6.07, 6.45) is 0.701. The molecule has 0 unspecified atom stereocenters. The van der Waals surface area contributed by atoms with Crippen molar-refractivity contribution in [3.05, 3.63) is 63.9 Å². The normalized spacial score (nSPS) is 12.1. The number of H-pyrrole nitrogens is 1. The fourth-order valence-electron chi connectivity index (χ4n) is 2.49. The predicted octanol–water partition coefficient (Wildman–Crippen LogP) is 3.74. The average molecular weight is 391 g/mol. The lowest BCUT2D eigenvalue weighted by atomic mass is 10.2. The number of nitrogens with one attached hydrogen (secondary N) is 1. The molecule has 8 heteroatoms. The number of halogens is 1. The maximum Gasteiger partial charge on any atom is 0.235 e. The minimum absolute atomic E-state index is 0.0520. The van der Waals surface area contributed by atoms with Crippen LogP contribution in [0, 0.1) is 5.82 Å². The lowest BCUT2D eigenvalue weighted by Gasteiger charge is -2.20. The number of thioether (sulfide) groups is 1. The Morgan fingerprint density at radius 3 is 2.96 bits per heavy atom. The van der Waals surface area contributed by atoms with Gasteiger partial charge in [-0.1, -0.05) is 30.0 Å². The van der Waals surface area contributed by atoms with Crippen LogP contribution in [0.1, 0.15) is 23.2 Å². The highest BCUT2D eigenvalue weighted by Gasteiger charge is 2.21. The van der Waals surface area contributed by atoms with E-state index in [1.807, 2.05) is 24.4 Å². The van der Waals surface area contributed by atoms with Crippen LogP contribution in [0.15, 0.2) is 46.9 Å². The number of hydrogen-bond donors (Lipinski definition) is 1. The average Bonchev–Trinajstić information content (AvgIpc) is 3.26. The van der Waals surface area contributed by atoms with Crippen LogP contribution in [0.3, 0.4) is 0 Å². The van der Waals surface area contributed by atoms with Gasteiger partial charge in [0.25, 0.3) is 0 Å². The Kier molecular flexibility index (Phi) is 6.05. The predicted molar refractivity (Wildman–Crippen MR) is 102 cm³/mol. The third kappa shape index (κ3) is 4.92. The molecular formula is C18H19FN4OS2. The summed E-state index contributed by atoms with van der Waals surface area (Å²) in [4.78, 5) is 19.8. The zero-order valence-corrected chi connectivity index (χ0v) is 16.1. The zero-order valence-electron chi connectivity index (χ0n) is 14.5. The topological polar surface area (TPSA) is 61.9 Å². The Balaban J connectivity index is 1.56. The van der Waals surface area contributed by atoms with Crippen molar-refractivity contribution >= 4 is 29.0 Å². The number of thiophene rings is 1. The molecule has 0 bridgehead atoms. The molecule has 0 aliphatic carbocycles. The van der Waals surface area contributed by atoms with Gasteiger partial charge in [0, 0.05) is 24.9 Å². The highest BCUT2D eigenvalue weighted by molar-refractivity contribution is 8.00. The lowest BCUT2D eigenvalue weighted by molar-refractivity contribution is -0.129. The maximum absolute atomic E-state index is 13.3. The third-order valence-electron chi connectivity index (χ3n) is 3.75. The first-order chi connectivity index (χ1) is 12.5. The molecule has 2 heterocycles. The lowest BCUT2D eigenvalue weighted by Crippen LogP contribution is -2.32. The first-order valence-corrected chi connectivity index (χ1v) is 9.87. The number of nitrogens with zero attached hydrogens (tertiary/aromatic N) is 3. The standard InChI is InChI=1S/C18H19FN4OS2/c1-12(17(24)23(2)11-13-5-3-6-14(19)9-13)26-18-20-16(21-22-18)10-15-7-4-8-25-15/h3-9,12H,10-11H2,1-2H3,(H,20,21,22)/t12-/m1/s1. The summed E-state index contributed by atoms with van der Waals surface area (Å²) in [6.45, 7) is 2.18. The Morgan fingerprint density at radius 1 is 1.38 bits per heavy atom. The van der Waals surface area contributed by atoms with Crippen LogP contribution in [-0.4, -0.2) is 38.3 Å². The number of rotatable bonds is 7. The van der Waals surface area contributed by atoms with Crippen LogP contribution in [0.5, 0.6) is 0 Å². The molecule has 0 aliphatic heterocycles. The van der Waals surface area contributed by atoms with Crippen molar-refractivity contribution < 1.29 is 9.18 Å². The molecule has 0 spiro atoms. The Bertz CT molecular complexity index is 866. The molecule has 1 N–H and O–H groups in total. The third-order valence-corrected chi connectivity index (χ3v) is 5.57. The van der Waals surface area contributed by atoms with Gasteiger partial charge < -0.3 is 4.90 Å². The van der Waals surface area contributed by atoms with Gasteiger partial charge in [-0.15, -0.1) is 16.4 Å². The number of carbonyl (C=O) groups is 1. The van der Waals surface area contributed by atoms with Gasteiger partial charge in [0.05, 0.1) is 5.25 Å². The van der Waals surface area contributed by atoms with Crippen molar-refractivity contribution in [2.24, 2.45) is 0 Å². The summed E-state index contributed by atoms with van der Waals surface area (Å²) < 4.78 is 13.3. The summed E-state index contributed by atoms with van der Waals surface area (Å²) >= 11 is 2.98. The highest BCUT2D eigenvalue weighted by Crippen LogP contribution is 2.22. The van der Waals surface area contributed by atoms with E-state index >= 15 is 0 Å². The molecule has 0 fully saturated rings. The van der Waals surface area contributed by atoms with Crippen molar-refractivity contribution in [2.75, 3.05) is 7.05 Å². The molecular weight excluding hydrogens is 371 g/mol. The van der Waals surface area contributed by atoms with Crippen LogP contribution in [0.2, 0.25) is 0 Å². The van der Waals surface area contributed by atoms with Crippen molar-refractivity contribution in [3.8, 4) is 0 Å². The van der Waals surface area contributed by atoms with E-state index in [0.717, 1.165) is 11.4 Å². The van der Waals surface area contributed by atoms with Gasteiger partial charge in [-0.3, -0.25) is 9.89 Å². The second kappa shape index (κ2) is 8.46. The number of amides is 1. The van der Waals surface area contributed by atoms with Gasteiger partial charge >= 0.3 is 0 Å². The maximum atomic E-state index is 13.3. The number of aromatic nitrogens is 3. The van der Waals surface area contributed by atoms with Crippen molar-refractivity contribution in [1.29, 1.82) is 0 Å². The second-order valence-corrected chi connectivity index (χ2v) is 8.25. The van der Waals surface area contributed by atoms with E-state index < -0.39 is 0 Å². The highest BCUT2D eigenvalue weighted by atomic mass is 32.2. The first kappa shape index (κ1) is 18.6. The zero-order chi connectivity index (χ0) is 18.5. The van der Waals surface area contributed by atoms with E-state index in [9.17, 15) is 9.18 Å². The van der Waals surface area contributed by atoms with Gasteiger partial charge in [-0.2, -0.15) is 0 Å². The SMILES string of the molecule is C[C@@H](Sc1n[nH]c(Cc2cccs2)n1)C(=O)N(C)Cc1cccc(F)c1. The van der Waals surface area contributed by atoms with Crippen molar-refractivity contribution in [1.82, 2.24) is 20.1 Å². The summed E-state index contributed by atoms with van der Waals surface area (Å²) in [5.41, 5.74) is 0.758. The minimum Gasteiger partial charge on any atom is -0.340 e. The van der Waals surface area contributed by atoms with E-state index in [2.05, 4.69) is 15.2 Å². The van der Waals surface area contributed by atoms with Crippen LogP contribution < -0.4 is 0 Å². The molecule has 3 rings (SSSR count). The number of hydrogen-bond acceptors (Lipinski definition) is 5. The molecule has 0 saturated carbocycles. The number of aromatic amines is 1. The molecule has 26 heavy (non-hydrogen) atoms.